The number of ether oxygens (including phenoxy) is 1. The molecule has 2 rings (SSSR count). The molecular formula is C12H18BNO4. The summed E-state index contributed by atoms with van der Waals surface area (Å²) >= 11 is 0. The Balaban J connectivity index is 1.98. The Morgan fingerprint density at radius 1 is 1.39 bits per heavy atom. The summed E-state index contributed by atoms with van der Waals surface area (Å²) in [7, 11) is -1.43. The Bertz CT molecular complexity index is 388. The Morgan fingerprint density at radius 2 is 2.22 bits per heavy atom. The Kier molecular flexibility index (Phi) is 4.74. The van der Waals surface area contributed by atoms with E-state index in [9.17, 15) is 0 Å². The minimum Gasteiger partial charge on any atom is -0.423 e. The van der Waals surface area contributed by atoms with Crippen molar-refractivity contribution in [2.24, 2.45) is 0 Å². The van der Waals surface area contributed by atoms with Gasteiger partial charge >= 0.3 is 7.12 Å². The van der Waals surface area contributed by atoms with Gasteiger partial charge in [0, 0.05) is 19.6 Å². The van der Waals surface area contributed by atoms with E-state index in [0.717, 1.165) is 18.7 Å². The van der Waals surface area contributed by atoms with Crippen molar-refractivity contribution in [2.45, 2.75) is 12.6 Å². The molecule has 0 radical (unpaired) electrons. The molecule has 98 valence electrons. The molecule has 0 bridgehead atoms. The van der Waals surface area contributed by atoms with Crippen molar-refractivity contribution >= 4 is 12.6 Å². The number of aliphatic hydroxyl groups is 1. The van der Waals surface area contributed by atoms with Crippen LogP contribution in [0.4, 0.5) is 0 Å². The fourth-order valence-electron chi connectivity index (χ4n) is 2.14. The Hall–Kier alpha value is -0.915. The maximum Gasteiger partial charge on any atom is 0.488 e. The van der Waals surface area contributed by atoms with E-state index in [0.29, 0.717) is 18.6 Å². The molecule has 18 heavy (non-hydrogen) atoms. The third kappa shape index (κ3) is 3.54. The first-order chi connectivity index (χ1) is 8.69. The zero-order valence-electron chi connectivity index (χ0n) is 10.2. The highest BCUT2D eigenvalue weighted by Crippen LogP contribution is 2.09. The molecule has 1 saturated heterocycles. The smallest absolute Gasteiger partial charge is 0.423 e. The predicted octanol–water partition coefficient (Wildman–Crippen LogP) is -1.44. The van der Waals surface area contributed by atoms with Gasteiger partial charge in [-0.1, -0.05) is 24.3 Å². The lowest BCUT2D eigenvalue weighted by Gasteiger charge is -2.32. The molecule has 3 N–H and O–H groups in total. The number of morpholine rings is 1. The second kappa shape index (κ2) is 6.31. The number of aliphatic hydroxyl groups excluding tert-OH is 1. The molecule has 1 heterocycles. The standard InChI is InChI=1S/C12H18BNO4/c15-9-12-8-14(4-5-18-12)7-10-2-1-3-11(6-10)13(16)17/h1-3,6,12,15-17H,4-5,7-9H2. The van der Waals surface area contributed by atoms with Crippen molar-refractivity contribution in [2.75, 3.05) is 26.3 Å². The van der Waals surface area contributed by atoms with Gasteiger partial charge in [-0.25, -0.2) is 0 Å². The van der Waals surface area contributed by atoms with Gasteiger partial charge < -0.3 is 19.9 Å². The molecule has 1 aliphatic heterocycles. The summed E-state index contributed by atoms with van der Waals surface area (Å²) in [5, 5.41) is 27.3. The predicted molar refractivity (Wildman–Crippen MR) is 68.4 cm³/mol. The lowest BCUT2D eigenvalue weighted by atomic mass is 9.79. The summed E-state index contributed by atoms with van der Waals surface area (Å²) in [6, 6.07) is 7.24. The molecule has 5 nitrogen and oxygen atoms in total. The summed E-state index contributed by atoms with van der Waals surface area (Å²) in [5.41, 5.74) is 1.53. The normalized spacial score (nSPS) is 20.9. The van der Waals surface area contributed by atoms with E-state index < -0.39 is 7.12 Å². The van der Waals surface area contributed by atoms with Crippen LogP contribution in [0.2, 0.25) is 0 Å². The SMILES string of the molecule is OCC1CN(Cc2cccc(B(O)O)c2)CCO1. The summed E-state index contributed by atoms with van der Waals surface area (Å²) < 4.78 is 5.39. The van der Waals surface area contributed by atoms with Crippen molar-refractivity contribution in [1.82, 2.24) is 4.90 Å². The van der Waals surface area contributed by atoms with Gasteiger partial charge in [-0.15, -0.1) is 0 Å². The molecule has 1 aromatic carbocycles. The van der Waals surface area contributed by atoms with Gasteiger partial charge in [-0.05, 0) is 11.0 Å². The van der Waals surface area contributed by atoms with Crippen molar-refractivity contribution in [3.63, 3.8) is 0 Å². The third-order valence-electron chi connectivity index (χ3n) is 3.08. The molecule has 1 aromatic rings. The maximum absolute atomic E-state index is 9.12. The van der Waals surface area contributed by atoms with Gasteiger partial charge in [0.2, 0.25) is 0 Å². The van der Waals surface area contributed by atoms with Crippen LogP contribution in [-0.2, 0) is 11.3 Å². The third-order valence-corrected chi connectivity index (χ3v) is 3.08. The van der Waals surface area contributed by atoms with E-state index in [1.54, 1.807) is 12.1 Å². The van der Waals surface area contributed by atoms with Crippen LogP contribution in [-0.4, -0.2) is 59.6 Å². The van der Waals surface area contributed by atoms with Gasteiger partial charge in [0.05, 0.1) is 19.3 Å². The van der Waals surface area contributed by atoms with Crippen LogP contribution in [0.3, 0.4) is 0 Å². The van der Waals surface area contributed by atoms with Gasteiger partial charge in [0.15, 0.2) is 0 Å². The molecule has 1 atom stereocenters. The monoisotopic (exact) mass is 251 g/mol. The van der Waals surface area contributed by atoms with Crippen LogP contribution >= 0.6 is 0 Å². The van der Waals surface area contributed by atoms with Crippen molar-refractivity contribution in [1.29, 1.82) is 0 Å². The average molecular weight is 251 g/mol. The summed E-state index contributed by atoms with van der Waals surface area (Å²) in [6.07, 6.45) is -0.120. The molecule has 0 aromatic heterocycles. The number of hydrogen-bond acceptors (Lipinski definition) is 5. The van der Waals surface area contributed by atoms with Gasteiger partial charge in [0.25, 0.3) is 0 Å². The minimum absolute atomic E-state index is 0.0336. The van der Waals surface area contributed by atoms with E-state index in [2.05, 4.69) is 4.90 Å². The summed E-state index contributed by atoms with van der Waals surface area (Å²) in [6.45, 7) is 2.89. The zero-order valence-corrected chi connectivity index (χ0v) is 10.2. The Labute approximate surface area is 107 Å². The number of nitrogens with zero attached hydrogens (tertiary/aromatic N) is 1. The molecular weight excluding hydrogens is 233 g/mol. The number of benzene rings is 1. The first-order valence-electron chi connectivity index (χ1n) is 6.09. The fraction of sp³-hybridized carbons (Fsp3) is 0.500. The van der Waals surface area contributed by atoms with Crippen LogP contribution in [0.5, 0.6) is 0 Å². The molecule has 1 aliphatic rings. The fourth-order valence-corrected chi connectivity index (χ4v) is 2.14. The van der Waals surface area contributed by atoms with Crippen molar-refractivity contribution < 1.29 is 19.9 Å². The molecule has 0 saturated carbocycles. The maximum atomic E-state index is 9.12. The van der Waals surface area contributed by atoms with Crippen molar-refractivity contribution in [3.05, 3.63) is 29.8 Å². The van der Waals surface area contributed by atoms with Crippen LogP contribution in [0.25, 0.3) is 0 Å². The van der Waals surface area contributed by atoms with Gasteiger partial charge in [-0.3, -0.25) is 4.90 Å². The molecule has 1 unspecified atom stereocenters. The topological polar surface area (TPSA) is 73.2 Å². The van der Waals surface area contributed by atoms with Gasteiger partial charge in [-0.2, -0.15) is 0 Å². The first kappa shape index (κ1) is 13.5. The molecule has 0 amide bonds. The van der Waals surface area contributed by atoms with E-state index >= 15 is 0 Å². The molecule has 0 spiro atoms. The van der Waals surface area contributed by atoms with E-state index in [4.69, 9.17) is 19.9 Å². The average Bonchev–Trinajstić information content (AvgIpc) is 2.39. The van der Waals surface area contributed by atoms with Crippen LogP contribution in [0.1, 0.15) is 5.56 Å². The number of rotatable bonds is 4. The largest absolute Gasteiger partial charge is 0.488 e. The summed E-state index contributed by atoms with van der Waals surface area (Å²) in [5.74, 6) is 0. The lowest BCUT2D eigenvalue weighted by molar-refractivity contribution is -0.0550. The first-order valence-corrected chi connectivity index (χ1v) is 6.09. The highest BCUT2D eigenvalue weighted by molar-refractivity contribution is 6.58. The van der Waals surface area contributed by atoms with Crippen LogP contribution in [0.15, 0.2) is 24.3 Å². The second-order valence-corrected chi connectivity index (χ2v) is 4.53. The van der Waals surface area contributed by atoms with Crippen LogP contribution < -0.4 is 5.46 Å². The van der Waals surface area contributed by atoms with E-state index in [1.807, 2.05) is 12.1 Å². The van der Waals surface area contributed by atoms with Crippen molar-refractivity contribution in [3.8, 4) is 0 Å². The number of hydrogen-bond donors (Lipinski definition) is 3. The molecule has 6 heteroatoms. The second-order valence-electron chi connectivity index (χ2n) is 4.53. The van der Waals surface area contributed by atoms with E-state index in [-0.39, 0.29) is 12.7 Å². The quantitative estimate of drug-likeness (QED) is 0.571. The highest BCUT2D eigenvalue weighted by atomic mass is 16.5. The van der Waals surface area contributed by atoms with E-state index in [1.165, 1.54) is 0 Å². The minimum atomic E-state index is -1.43. The lowest BCUT2D eigenvalue weighted by Crippen LogP contribution is -2.43. The van der Waals surface area contributed by atoms with Gasteiger partial charge in [0.1, 0.15) is 0 Å². The summed E-state index contributed by atoms with van der Waals surface area (Å²) in [4.78, 5) is 2.19. The van der Waals surface area contributed by atoms with Crippen LogP contribution in [0, 0.1) is 0 Å². The molecule has 0 aliphatic carbocycles. The molecule has 1 fully saturated rings. The Morgan fingerprint density at radius 3 is 2.94 bits per heavy atom. The highest BCUT2D eigenvalue weighted by Gasteiger charge is 2.20. The zero-order chi connectivity index (χ0) is 13.0.